The molecule has 0 aliphatic carbocycles. The molecule has 3 rings (SSSR count). The fraction of sp³-hybridized carbons (Fsp3) is 0.200. The predicted octanol–water partition coefficient (Wildman–Crippen LogP) is 3.61. The average Bonchev–Trinajstić information content (AvgIpc) is 3.16. The van der Waals surface area contributed by atoms with E-state index in [1.807, 2.05) is 37.4 Å². The Balaban J connectivity index is 1.56. The van der Waals surface area contributed by atoms with E-state index in [0.29, 0.717) is 36.8 Å². The fourth-order valence-electron chi connectivity index (χ4n) is 2.43. The van der Waals surface area contributed by atoms with Crippen molar-refractivity contribution in [2.45, 2.75) is 13.5 Å². The van der Waals surface area contributed by atoms with E-state index < -0.39 is 0 Å². The summed E-state index contributed by atoms with van der Waals surface area (Å²) in [5.41, 5.74) is 1.25. The first-order valence-electron chi connectivity index (χ1n) is 8.49. The molecule has 3 aromatic rings. The maximum absolute atomic E-state index is 12.4. The summed E-state index contributed by atoms with van der Waals surface area (Å²) in [7, 11) is 0. The van der Waals surface area contributed by atoms with E-state index in [1.165, 1.54) is 0 Å². The highest BCUT2D eigenvalue weighted by molar-refractivity contribution is 6.04. The van der Waals surface area contributed by atoms with Crippen LogP contribution in [-0.4, -0.2) is 28.9 Å². The van der Waals surface area contributed by atoms with Crippen molar-refractivity contribution in [3.8, 4) is 11.5 Å². The van der Waals surface area contributed by atoms with Gasteiger partial charge in [0.05, 0.1) is 13.2 Å². The van der Waals surface area contributed by atoms with Crippen molar-refractivity contribution < 1.29 is 14.3 Å². The Labute approximate surface area is 152 Å². The summed E-state index contributed by atoms with van der Waals surface area (Å²) in [5.74, 6) is 1.26. The van der Waals surface area contributed by atoms with Crippen LogP contribution in [0.5, 0.6) is 11.5 Å². The smallest absolute Gasteiger partial charge is 0.255 e. The Kier molecular flexibility index (Phi) is 5.88. The molecule has 6 nitrogen and oxygen atoms in total. The standard InChI is InChI=1S/C20H21N3O3/c1-2-25-18-9-7-16(8-10-18)20(24)22-17-5-3-6-19(15-17)26-14-13-23-12-4-11-21-23/h3-12,15H,2,13-14H2,1H3,(H,22,24). The number of hydrogen-bond donors (Lipinski definition) is 1. The van der Waals surface area contributed by atoms with Gasteiger partial charge in [-0.1, -0.05) is 6.07 Å². The van der Waals surface area contributed by atoms with Gasteiger partial charge in [-0.3, -0.25) is 9.48 Å². The molecular formula is C20H21N3O3. The molecule has 0 aliphatic heterocycles. The lowest BCUT2D eigenvalue weighted by Crippen LogP contribution is -2.12. The van der Waals surface area contributed by atoms with Gasteiger partial charge in [-0.2, -0.15) is 5.10 Å². The van der Waals surface area contributed by atoms with Crippen LogP contribution in [0, 0.1) is 0 Å². The summed E-state index contributed by atoms with van der Waals surface area (Å²) in [5, 5.41) is 7.00. The molecule has 1 amide bonds. The SMILES string of the molecule is CCOc1ccc(C(=O)Nc2cccc(OCCn3cccn3)c2)cc1. The first kappa shape index (κ1) is 17.5. The first-order valence-corrected chi connectivity index (χ1v) is 8.49. The van der Waals surface area contributed by atoms with Crippen molar-refractivity contribution in [2.75, 3.05) is 18.5 Å². The number of benzene rings is 2. The van der Waals surface area contributed by atoms with Crippen molar-refractivity contribution in [1.29, 1.82) is 0 Å². The number of nitrogens with zero attached hydrogens (tertiary/aromatic N) is 2. The minimum Gasteiger partial charge on any atom is -0.494 e. The molecule has 1 N–H and O–H groups in total. The third-order valence-electron chi connectivity index (χ3n) is 3.67. The molecule has 6 heteroatoms. The molecule has 0 aliphatic rings. The molecule has 1 aromatic heterocycles. The van der Waals surface area contributed by atoms with Crippen LogP contribution >= 0.6 is 0 Å². The number of carbonyl (C=O) groups is 1. The normalized spacial score (nSPS) is 10.3. The molecule has 2 aromatic carbocycles. The zero-order valence-electron chi connectivity index (χ0n) is 14.6. The topological polar surface area (TPSA) is 65.4 Å². The van der Waals surface area contributed by atoms with Crippen molar-refractivity contribution >= 4 is 11.6 Å². The van der Waals surface area contributed by atoms with E-state index in [1.54, 1.807) is 41.2 Å². The molecule has 26 heavy (non-hydrogen) atoms. The van der Waals surface area contributed by atoms with Gasteiger partial charge in [-0.05, 0) is 49.4 Å². The predicted molar refractivity (Wildman–Crippen MR) is 99.7 cm³/mol. The Morgan fingerprint density at radius 2 is 1.92 bits per heavy atom. The zero-order chi connectivity index (χ0) is 18.2. The van der Waals surface area contributed by atoms with Crippen LogP contribution < -0.4 is 14.8 Å². The van der Waals surface area contributed by atoms with E-state index in [0.717, 1.165) is 5.75 Å². The zero-order valence-corrected chi connectivity index (χ0v) is 14.6. The quantitative estimate of drug-likeness (QED) is 0.673. The summed E-state index contributed by atoms with van der Waals surface area (Å²) in [6, 6.07) is 16.3. The van der Waals surface area contributed by atoms with Crippen molar-refractivity contribution in [2.24, 2.45) is 0 Å². The van der Waals surface area contributed by atoms with Crippen LogP contribution in [-0.2, 0) is 6.54 Å². The molecule has 0 bridgehead atoms. The second-order valence-corrected chi connectivity index (χ2v) is 5.56. The second-order valence-electron chi connectivity index (χ2n) is 5.56. The van der Waals surface area contributed by atoms with E-state index in [2.05, 4.69) is 10.4 Å². The lowest BCUT2D eigenvalue weighted by atomic mass is 10.2. The van der Waals surface area contributed by atoms with Crippen LogP contribution in [0.1, 0.15) is 17.3 Å². The summed E-state index contributed by atoms with van der Waals surface area (Å²) in [6.45, 7) is 3.68. The van der Waals surface area contributed by atoms with E-state index in [-0.39, 0.29) is 5.91 Å². The first-order chi connectivity index (χ1) is 12.7. The molecule has 0 fully saturated rings. The number of amides is 1. The highest BCUT2D eigenvalue weighted by atomic mass is 16.5. The highest BCUT2D eigenvalue weighted by Crippen LogP contribution is 2.19. The van der Waals surface area contributed by atoms with Gasteiger partial charge in [-0.15, -0.1) is 0 Å². The molecule has 0 saturated carbocycles. The average molecular weight is 351 g/mol. The number of anilines is 1. The maximum atomic E-state index is 12.4. The Bertz CT molecular complexity index is 830. The summed E-state index contributed by atoms with van der Waals surface area (Å²) >= 11 is 0. The largest absolute Gasteiger partial charge is 0.494 e. The van der Waals surface area contributed by atoms with Gasteiger partial charge in [0.15, 0.2) is 0 Å². The number of carbonyl (C=O) groups excluding carboxylic acids is 1. The van der Waals surface area contributed by atoms with Crippen molar-refractivity contribution in [3.05, 3.63) is 72.6 Å². The number of hydrogen-bond acceptors (Lipinski definition) is 4. The number of rotatable bonds is 8. The third-order valence-corrected chi connectivity index (χ3v) is 3.67. The second kappa shape index (κ2) is 8.71. The van der Waals surface area contributed by atoms with E-state index in [9.17, 15) is 4.79 Å². The van der Waals surface area contributed by atoms with Gasteiger partial charge >= 0.3 is 0 Å². The molecule has 0 spiro atoms. The number of aromatic nitrogens is 2. The van der Waals surface area contributed by atoms with Gasteiger partial charge in [0.1, 0.15) is 18.1 Å². The summed E-state index contributed by atoms with van der Waals surface area (Å²) in [4.78, 5) is 12.4. The van der Waals surface area contributed by atoms with Gasteiger partial charge in [0, 0.05) is 29.7 Å². The van der Waals surface area contributed by atoms with Crippen LogP contribution in [0.3, 0.4) is 0 Å². The number of nitrogens with one attached hydrogen (secondary N) is 1. The van der Waals surface area contributed by atoms with Crippen molar-refractivity contribution in [1.82, 2.24) is 9.78 Å². The van der Waals surface area contributed by atoms with Crippen LogP contribution in [0.15, 0.2) is 67.0 Å². The minimum absolute atomic E-state index is 0.179. The summed E-state index contributed by atoms with van der Waals surface area (Å²) in [6.07, 6.45) is 3.62. The van der Waals surface area contributed by atoms with Gasteiger partial charge < -0.3 is 14.8 Å². The molecular weight excluding hydrogens is 330 g/mol. The van der Waals surface area contributed by atoms with E-state index >= 15 is 0 Å². The Hall–Kier alpha value is -3.28. The lowest BCUT2D eigenvalue weighted by molar-refractivity contribution is 0.102. The maximum Gasteiger partial charge on any atom is 0.255 e. The van der Waals surface area contributed by atoms with Crippen LogP contribution in [0.25, 0.3) is 0 Å². The van der Waals surface area contributed by atoms with Crippen molar-refractivity contribution in [3.63, 3.8) is 0 Å². The van der Waals surface area contributed by atoms with Crippen LogP contribution in [0.2, 0.25) is 0 Å². The monoisotopic (exact) mass is 351 g/mol. The minimum atomic E-state index is -0.179. The van der Waals surface area contributed by atoms with Gasteiger partial charge in [0.2, 0.25) is 0 Å². The Morgan fingerprint density at radius 1 is 1.08 bits per heavy atom. The molecule has 0 atom stereocenters. The van der Waals surface area contributed by atoms with Gasteiger partial charge in [0.25, 0.3) is 5.91 Å². The molecule has 0 radical (unpaired) electrons. The fourth-order valence-corrected chi connectivity index (χ4v) is 2.43. The van der Waals surface area contributed by atoms with Gasteiger partial charge in [-0.25, -0.2) is 0 Å². The molecule has 0 unspecified atom stereocenters. The Morgan fingerprint density at radius 3 is 2.65 bits per heavy atom. The molecule has 0 saturated heterocycles. The third kappa shape index (κ3) is 4.86. The lowest BCUT2D eigenvalue weighted by Gasteiger charge is -2.10. The summed E-state index contributed by atoms with van der Waals surface area (Å²) < 4.78 is 12.9. The molecule has 1 heterocycles. The van der Waals surface area contributed by atoms with Crippen LogP contribution in [0.4, 0.5) is 5.69 Å². The highest BCUT2D eigenvalue weighted by Gasteiger charge is 2.07. The van der Waals surface area contributed by atoms with E-state index in [4.69, 9.17) is 9.47 Å². The molecule has 134 valence electrons. The number of ether oxygens (including phenoxy) is 2.